The first kappa shape index (κ1) is 15.8. The van der Waals surface area contributed by atoms with E-state index in [1.807, 2.05) is 7.05 Å². The van der Waals surface area contributed by atoms with Gasteiger partial charge in [-0.2, -0.15) is 4.31 Å². The maximum Gasteiger partial charge on any atom is 0.243 e. The molecule has 0 bridgehead atoms. The van der Waals surface area contributed by atoms with Crippen molar-refractivity contribution in [1.29, 1.82) is 0 Å². The van der Waals surface area contributed by atoms with Crippen molar-refractivity contribution in [3.05, 3.63) is 28.8 Å². The maximum atomic E-state index is 12.8. The highest BCUT2D eigenvalue weighted by atomic mass is 35.5. The van der Waals surface area contributed by atoms with E-state index in [-0.39, 0.29) is 0 Å². The number of nitrogens with zero attached hydrogens (tertiary/aromatic N) is 1. The number of hydrogen-bond acceptors (Lipinski definition) is 3. The van der Waals surface area contributed by atoms with Crippen LogP contribution >= 0.6 is 11.6 Å². The largest absolute Gasteiger partial charge is 0.319 e. The summed E-state index contributed by atoms with van der Waals surface area (Å²) in [6, 6.07) is 5.05. The quantitative estimate of drug-likeness (QED) is 0.927. The van der Waals surface area contributed by atoms with E-state index in [1.165, 1.54) is 0 Å². The van der Waals surface area contributed by atoms with Crippen molar-refractivity contribution in [1.82, 2.24) is 9.62 Å². The second-order valence-electron chi connectivity index (χ2n) is 5.29. The van der Waals surface area contributed by atoms with Gasteiger partial charge in [-0.25, -0.2) is 8.42 Å². The second kappa shape index (κ2) is 6.43. The molecule has 0 amide bonds. The van der Waals surface area contributed by atoms with Gasteiger partial charge in [-0.15, -0.1) is 0 Å². The van der Waals surface area contributed by atoms with E-state index in [4.69, 9.17) is 11.6 Å². The van der Waals surface area contributed by atoms with Crippen molar-refractivity contribution in [2.75, 3.05) is 26.7 Å². The summed E-state index contributed by atoms with van der Waals surface area (Å²) < 4.78 is 27.1. The van der Waals surface area contributed by atoms with Gasteiger partial charge in [-0.1, -0.05) is 17.7 Å². The lowest BCUT2D eigenvalue weighted by molar-refractivity contribution is 0.263. The van der Waals surface area contributed by atoms with Gasteiger partial charge < -0.3 is 5.32 Å². The SMILES string of the molecule is CNCC1CCCN(S(=O)(=O)c2cccc(Cl)c2C)C1. The Balaban J connectivity index is 2.28. The molecule has 1 fully saturated rings. The predicted molar refractivity (Wildman–Crippen MR) is 81.6 cm³/mol. The number of piperidine rings is 1. The average Bonchev–Trinajstić information content (AvgIpc) is 2.42. The summed E-state index contributed by atoms with van der Waals surface area (Å²) in [7, 11) is -1.55. The standard InChI is InChI=1S/C14H21ClN2O2S/c1-11-13(15)6-3-7-14(11)20(18,19)17-8-4-5-12(10-17)9-16-2/h3,6-7,12,16H,4-5,8-10H2,1-2H3. The maximum absolute atomic E-state index is 12.8. The molecular weight excluding hydrogens is 296 g/mol. The Morgan fingerprint density at radius 3 is 2.90 bits per heavy atom. The summed E-state index contributed by atoms with van der Waals surface area (Å²) in [5.41, 5.74) is 0.630. The Hall–Kier alpha value is -0.620. The molecule has 1 aliphatic heterocycles. The molecule has 4 nitrogen and oxygen atoms in total. The molecule has 1 aromatic carbocycles. The molecule has 0 radical (unpaired) electrons. The van der Waals surface area contributed by atoms with Crippen LogP contribution in [0.25, 0.3) is 0 Å². The summed E-state index contributed by atoms with van der Waals surface area (Å²) >= 11 is 6.04. The Kier molecular flexibility index (Phi) is 5.07. The van der Waals surface area contributed by atoms with E-state index < -0.39 is 10.0 Å². The van der Waals surface area contributed by atoms with E-state index in [1.54, 1.807) is 29.4 Å². The van der Waals surface area contributed by atoms with Crippen LogP contribution in [-0.4, -0.2) is 39.4 Å². The van der Waals surface area contributed by atoms with E-state index in [9.17, 15) is 8.42 Å². The average molecular weight is 317 g/mol. The van der Waals surface area contributed by atoms with Crippen molar-refractivity contribution >= 4 is 21.6 Å². The van der Waals surface area contributed by atoms with Crippen molar-refractivity contribution in [3.8, 4) is 0 Å². The monoisotopic (exact) mass is 316 g/mol. The Labute approximate surface area is 126 Å². The first-order chi connectivity index (χ1) is 9.46. The Morgan fingerprint density at radius 1 is 1.45 bits per heavy atom. The fraction of sp³-hybridized carbons (Fsp3) is 0.571. The van der Waals surface area contributed by atoms with Gasteiger partial charge in [0.05, 0.1) is 4.90 Å². The third-order valence-corrected chi connectivity index (χ3v) is 6.23. The number of benzene rings is 1. The molecule has 0 saturated carbocycles. The van der Waals surface area contributed by atoms with E-state index in [0.29, 0.717) is 34.5 Å². The summed E-state index contributed by atoms with van der Waals surface area (Å²) in [6.45, 7) is 3.77. The van der Waals surface area contributed by atoms with Gasteiger partial charge in [0.25, 0.3) is 0 Å². The lowest BCUT2D eigenvalue weighted by Crippen LogP contribution is -2.42. The lowest BCUT2D eigenvalue weighted by Gasteiger charge is -2.32. The Morgan fingerprint density at radius 2 is 2.20 bits per heavy atom. The third kappa shape index (κ3) is 3.17. The van der Waals surface area contributed by atoms with E-state index in [0.717, 1.165) is 19.4 Å². The van der Waals surface area contributed by atoms with Crippen molar-refractivity contribution in [2.45, 2.75) is 24.7 Å². The van der Waals surface area contributed by atoms with Gasteiger partial charge in [0, 0.05) is 18.1 Å². The van der Waals surface area contributed by atoms with Crippen LogP contribution < -0.4 is 5.32 Å². The molecule has 20 heavy (non-hydrogen) atoms. The van der Waals surface area contributed by atoms with E-state index in [2.05, 4.69) is 5.32 Å². The highest BCUT2D eigenvalue weighted by molar-refractivity contribution is 7.89. The lowest BCUT2D eigenvalue weighted by atomic mass is 10.00. The number of hydrogen-bond donors (Lipinski definition) is 1. The fourth-order valence-electron chi connectivity index (χ4n) is 2.71. The van der Waals surface area contributed by atoms with Gasteiger partial charge in [0.2, 0.25) is 10.0 Å². The topological polar surface area (TPSA) is 49.4 Å². The smallest absolute Gasteiger partial charge is 0.243 e. The highest BCUT2D eigenvalue weighted by Gasteiger charge is 2.31. The summed E-state index contributed by atoms with van der Waals surface area (Å²) in [5, 5.41) is 3.62. The number of nitrogens with one attached hydrogen (secondary N) is 1. The predicted octanol–water partition coefficient (Wildman–Crippen LogP) is 2.27. The van der Waals surface area contributed by atoms with Crippen LogP contribution in [0, 0.1) is 12.8 Å². The second-order valence-corrected chi connectivity index (χ2v) is 7.61. The molecule has 0 spiro atoms. The molecule has 1 saturated heterocycles. The molecule has 112 valence electrons. The number of sulfonamides is 1. The minimum absolute atomic E-state index is 0.329. The van der Waals surface area contributed by atoms with Crippen LogP contribution in [0.5, 0.6) is 0 Å². The van der Waals surface area contributed by atoms with Crippen LogP contribution in [0.2, 0.25) is 5.02 Å². The first-order valence-corrected chi connectivity index (χ1v) is 8.68. The van der Waals surface area contributed by atoms with Crippen LogP contribution in [0.3, 0.4) is 0 Å². The molecule has 1 aliphatic rings. The van der Waals surface area contributed by atoms with Crippen molar-refractivity contribution in [2.24, 2.45) is 5.92 Å². The normalized spacial score (nSPS) is 21.1. The number of halogens is 1. The van der Waals surface area contributed by atoms with Gasteiger partial charge in [-0.05, 0) is 57.0 Å². The third-order valence-electron chi connectivity index (χ3n) is 3.81. The molecule has 6 heteroatoms. The Bertz CT molecular complexity index is 573. The molecule has 1 heterocycles. The minimum atomic E-state index is -3.45. The molecule has 0 aromatic heterocycles. The number of rotatable bonds is 4. The molecule has 1 atom stereocenters. The van der Waals surface area contributed by atoms with Gasteiger partial charge in [0.1, 0.15) is 0 Å². The zero-order valence-electron chi connectivity index (χ0n) is 11.9. The van der Waals surface area contributed by atoms with E-state index >= 15 is 0 Å². The van der Waals surface area contributed by atoms with Crippen LogP contribution in [0.1, 0.15) is 18.4 Å². The summed E-state index contributed by atoms with van der Waals surface area (Å²) in [6.07, 6.45) is 1.98. The molecule has 2 rings (SSSR count). The van der Waals surface area contributed by atoms with Gasteiger partial charge in [0.15, 0.2) is 0 Å². The molecule has 0 aliphatic carbocycles. The summed E-state index contributed by atoms with van der Waals surface area (Å²) in [5.74, 6) is 0.378. The molecule has 1 aromatic rings. The van der Waals surface area contributed by atoms with Crippen LogP contribution in [-0.2, 0) is 10.0 Å². The van der Waals surface area contributed by atoms with Crippen molar-refractivity contribution < 1.29 is 8.42 Å². The van der Waals surface area contributed by atoms with Gasteiger partial charge >= 0.3 is 0 Å². The minimum Gasteiger partial charge on any atom is -0.319 e. The fourth-order valence-corrected chi connectivity index (χ4v) is 4.74. The summed E-state index contributed by atoms with van der Waals surface area (Å²) in [4.78, 5) is 0.329. The van der Waals surface area contributed by atoms with Crippen LogP contribution in [0.15, 0.2) is 23.1 Å². The van der Waals surface area contributed by atoms with Crippen LogP contribution in [0.4, 0.5) is 0 Å². The highest BCUT2D eigenvalue weighted by Crippen LogP contribution is 2.28. The van der Waals surface area contributed by atoms with Crippen molar-refractivity contribution in [3.63, 3.8) is 0 Å². The molecular formula is C14H21ClN2O2S. The zero-order chi connectivity index (χ0) is 14.8. The molecule has 1 N–H and O–H groups in total. The van der Waals surface area contributed by atoms with Gasteiger partial charge in [-0.3, -0.25) is 0 Å². The molecule has 1 unspecified atom stereocenters. The zero-order valence-corrected chi connectivity index (χ0v) is 13.5. The first-order valence-electron chi connectivity index (χ1n) is 6.86.